The summed E-state index contributed by atoms with van der Waals surface area (Å²) in [5.41, 5.74) is -0.00548. The van der Waals surface area contributed by atoms with Crippen molar-refractivity contribution in [1.29, 1.82) is 0 Å². The number of aromatic nitrogens is 2. The Kier molecular flexibility index (Phi) is 6.49. The summed E-state index contributed by atoms with van der Waals surface area (Å²) in [4.78, 5) is 11.3. The molecule has 0 bridgehead atoms. The molecule has 0 spiro atoms. The molecule has 1 fully saturated rings. The van der Waals surface area contributed by atoms with E-state index >= 15 is 4.39 Å². The van der Waals surface area contributed by atoms with Crippen LogP contribution in [0, 0.1) is 11.6 Å². The van der Waals surface area contributed by atoms with Gasteiger partial charge in [-0.3, -0.25) is 0 Å². The van der Waals surface area contributed by atoms with Crippen LogP contribution < -0.4 is 4.90 Å². The fourth-order valence-electron chi connectivity index (χ4n) is 5.39. The lowest BCUT2D eigenvalue weighted by Crippen LogP contribution is -2.46. The average molecular weight is 526 g/mol. The number of halogens is 3. The first-order chi connectivity index (χ1) is 17.5. The molecule has 1 atom stereocenters. The predicted octanol–water partition coefficient (Wildman–Crippen LogP) is 7.12. The maximum Gasteiger partial charge on any atom is 0.158 e. The molecule has 2 N–H and O–H groups in total. The minimum atomic E-state index is -0.892. The summed E-state index contributed by atoms with van der Waals surface area (Å²) in [6.07, 6.45) is 1.82. The second-order valence-corrected chi connectivity index (χ2v) is 10.9. The van der Waals surface area contributed by atoms with Crippen LogP contribution in [0.1, 0.15) is 57.8 Å². The van der Waals surface area contributed by atoms with E-state index in [2.05, 4.69) is 4.98 Å². The van der Waals surface area contributed by atoms with E-state index < -0.39 is 17.2 Å². The molecule has 5 nitrogen and oxygen atoms in total. The van der Waals surface area contributed by atoms with Gasteiger partial charge in [0.05, 0.1) is 10.6 Å². The van der Waals surface area contributed by atoms with Crippen LogP contribution in [0.15, 0.2) is 30.3 Å². The van der Waals surface area contributed by atoms with Crippen LogP contribution >= 0.6 is 11.6 Å². The van der Waals surface area contributed by atoms with Crippen molar-refractivity contribution < 1.29 is 19.0 Å². The maximum absolute atomic E-state index is 16.5. The number of phenols is 1. The molecule has 1 saturated heterocycles. The first-order valence-corrected chi connectivity index (χ1v) is 13.0. The Hall–Kier alpha value is -3.03. The zero-order valence-corrected chi connectivity index (χ0v) is 22.1. The number of piperidine rings is 1. The number of benzene rings is 3. The van der Waals surface area contributed by atoms with Crippen molar-refractivity contribution in [3.63, 3.8) is 0 Å². The van der Waals surface area contributed by atoms with Crippen molar-refractivity contribution in [3.8, 4) is 16.9 Å². The van der Waals surface area contributed by atoms with Crippen LogP contribution in [-0.4, -0.2) is 38.9 Å². The third kappa shape index (κ3) is 4.48. The molecule has 1 aliphatic heterocycles. The summed E-state index contributed by atoms with van der Waals surface area (Å²) in [6, 6.07) is 7.51. The van der Waals surface area contributed by atoms with Crippen LogP contribution in [0.4, 0.5) is 14.6 Å². The predicted molar refractivity (Wildman–Crippen MR) is 145 cm³/mol. The van der Waals surface area contributed by atoms with Gasteiger partial charge in [0.15, 0.2) is 5.82 Å². The van der Waals surface area contributed by atoms with E-state index in [-0.39, 0.29) is 27.8 Å². The first kappa shape index (κ1) is 25.6. The SMILES string of the molecule is CCc1c(F)ccc2cc(O)cc(-c3c(Cl)cc4c(N5CCC[C@@](C)(O)C5)nc(C(C)C)nc4c3F)c12. The molecule has 0 amide bonds. The number of β-amino-alcohol motifs (C(OH)–C–C–N with tert-alkyl or cyclic N) is 1. The van der Waals surface area contributed by atoms with Crippen molar-refractivity contribution in [1.82, 2.24) is 9.97 Å². The summed E-state index contributed by atoms with van der Waals surface area (Å²) in [6.45, 7) is 8.51. The van der Waals surface area contributed by atoms with Gasteiger partial charge >= 0.3 is 0 Å². The van der Waals surface area contributed by atoms with Crippen molar-refractivity contribution >= 4 is 39.1 Å². The number of nitrogens with zero attached hydrogens (tertiary/aromatic N) is 3. The standard InChI is InChI=1S/C29H30ClF2N3O2/c1-5-18-22(31)8-7-16-11-17(36)12-19(23(16)18)24-21(30)13-20-26(25(24)32)33-27(15(2)3)34-28(20)35-10-6-9-29(4,37)14-35/h7-8,11-13,15,36-37H,5-6,9-10,14H2,1-4H3/t29-/m1/s1. The number of aryl methyl sites for hydroxylation is 1. The van der Waals surface area contributed by atoms with E-state index in [9.17, 15) is 14.6 Å². The van der Waals surface area contributed by atoms with Gasteiger partial charge < -0.3 is 15.1 Å². The lowest BCUT2D eigenvalue weighted by atomic mass is 9.91. The monoisotopic (exact) mass is 525 g/mol. The van der Waals surface area contributed by atoms with Gasteiger partial charge in [0.1, 0.15) is 28.7 Å². The number of hydrogen-bond donors (Lipinski definition) is 2. The van der Waals surface area contributed by atoms with Crippen molar-refractivity contribution in [2.75, 3.05) is 18.0 Å². The highest BCUT2D eigenvalue weighted by atomic mass is 35.5. The zero-order valence-electron chi connectivity index (χ0n) is 21.4. The van der Waals surface area contributed by atoms with E-state index in [1.54, 1.807) is 19.1 Å². The van der Waals surface area contributed by atoms with Crippen molar-refractivity contribution in [3.05, 3.63) is 58.4 Å². The van der Waals surface area contributed by atoms with Gasteiger partial charge in [0, 0.05) is 30.0 Å². The van der Waals surface area contributed by atoms with Crippen LogP contribution in [0.2, 0.25) is 5.02 Å². The fourth-order valence-corrected chi connectivity index (χ4v) is 5.68. The van der Waals surface area contributed by atoms with E-state index in [1.807, 2.05) is 25.7 Å². The number of aliphatic hydroxyl groups is 1. The molecule has 37 heavy (non-hydrogen) atoms. The molecule has 4 aromatic rings. The largest absolute Gasteiger partial charge is 0.508 e. The van der Waals surface area contributed by atoms with Gasteiger partial charge in [-0.25, -0.2) is 18.7 Å². The number of aromatic hydroxyl groups is 1. The fraction of sp³-hybridized carbons (Fsp3) is 0.379. The first-order valence-electron chi connectivity index (χ1n) is 12.6. The zero-order chi connectivity index (χ0) is 26.6. The Morgan fingerprint density at radius 1 is 1.16 bits per heavy atom. The van der Waals surface area contributed by atoms with Crippen LogP contribution in [0.25, 0.3) is 32.8 Å². The molecule has 194 valence electrons. The lowest BCUT2D eigenvalue weighted by Gasteiger charge is -2.38. The number of hydrogen-bond acceptors (Lipinski definition) is 5. The number of fused-ring (bicyclic) bond motifs is 2. The Bertz CT molecular complexity index is 1540. The Morgan fingerprint density at radius 2 is 1.92 bits per heavy atom. The van der Waals surface area contributed by atoms with Gasteiger partial charge in [-0.2, -0.15) is 0 Å². The third-order valence-corrected chi connectivity index (χ3v) is 7.44. The smallest absolute Gasteiger partial charge is 0.158 e. The molecule has 3 aromatic carbocycles. The molecule has 0 radical (unpaired) electrons. The minimum absolute atomic E-state index is 0.0559. The maximum atomic E-state index is 16.5. The highest BCUT2D eigenvalue weighted by molar-refractivity contribution is 6.35. The molecule has 2 heterocycles. The highest BCUT2D eigenvalue weighted by Gasteiger charge is 2.31. The Morgan fingerprint density at radius 3 is 2.59 bits per heavy atom. The second-order valence-electron chi connectivity index (χ2n) is 10.5. The van der Waals surface area contributed by atoms with E-state index in [0.717, 1.165) is 6.42 Å². The van der Waals surface area contributed by atoms with Gasteiger partial charge in [0.2, 0.25) is 0 Å². The van der Waals surface area contributed by atoms with Crippen molar-refractivity contribution in [2.45, 2.75) is 58.5 Å². The summed E-state index contributed by atoms with van der Waals surface area (Å²) in [5.74, 6) is -0.205. The van der Waals surface area contributed by atoms with Crippen molar-refractivity contribution in [2.24, 2.45) is 0 Å². The normalized spacial score (nSPS) is 18.4. The Balaban J connectivity index is 1.84. The molecular weight excluding hydrogens is 496 g/mol. The minimum Gasteiger partial charge on any atom is -0.508 e. The van der Waals surface area contributed by atoms with E-state index in [4.69, 9.17) is 16.6 Å². The van der Waals surface area contributed by atoms with Crippen LogP contribution in [-0.2, 0) is 6.42 Å². The number of anilines is 1. The molecule has 1 aliphatic rings. The topological polar surface area (TPSA) is 69.5 Å². The Labute approximate surface area is 219 Å². The van der Waals surface area contributed by atoms with E-state index in [0.29, 0.717) is 64.9 Å². The molecular formula is C29H30ClF2N3O2. The molecule has 5 rings (SSSR count). The summed E-state index contributed by atoms with van der Waals surface area (Å²) in [5, 5.41) is 22.8. The third-order valence-electron chi connectivity index (χ3n) is 7.15. The van der Waals surface area contributed by atoms with E-state index in [1.165, 1.54) is 18.2 Å². The lowest BCUT2D eigenvalue weighted by molar-refractivity contribution is 0.0448. The van der Waals surface area contributed by atoms with Gasteiger partial charge in [-0.1, -0.05) is 38.4 Å². The summed E-state index contributed by atoms with van der Waals surface area (Å²) in [7, 11) is 0. The molecule has 0 aliphatic carbocycles. The molecule has 0 saturated carbocycles. The molecule has 0 unspecified atom stereocenters. The van der Waals surface area contributed by atoms with Gasteiger partial charge in [0.25, 0.3) is 0 Å². The quantitative estimate of drug-likeness (QED) is 0.297. The summed E-state index contributed by atoms with van der Waals surface area (Å²) < 4.78 is 31.3. The van der Waals surface area contributed by atoms with Gasteiger partial charge in [-0.05, 0) is 72.4 Å². The molecule has 8 heteroatoms. The summed E-state index contributed by atoms with van der Waals surface area (Å²) >= 11 is 6.76. The highest BCUT2D eigenvalue weighted by Crippen LogP contribution is 2.44. The average Bonchev–Trinajstić information content (AvgIpc) is 2.83. The number of phenolic OH excluding ortho intramolecular Hbond substituents is 1. The van der Waals surface area contributed by atoms with Crippen LogP contribution in [0.3, 0.4) is 0 Å². The van der Waals surface area contributed by atoms with Gasteiger partial charge in [-0.15, -0.1) is 0 Å². The van der Waals surface area contributed by atoms with Crippen LogP contribution in [0.5, 0.6) is 5.75 Å². The second kappa shape index (κ2) is 9.37. The molecule has 1 aromatic heterocycles. The number of rotatable bonds is 4.